The smallest absolute Gasteiger partial charge is 0.221 e. The van der Waals surface area contributed by atoms with Crippen LogP contribution in [-0.2, 0) is 5.41 Å². The van der Waals surface area contributed by atoms with Crippen LogP contribution < -0.4 is 10.3 Å². The van der Waals surface area contributed by atoms with E-state index >= 15 is 0 Å². The van der Waals surface area contributed by atoms with E-state index in [4.69, 9.17) is 0 Å². The second-order valence-electron chi connectivity index (χ2n) is 8.79. The topological polar surface area (TPSA) is 40.5 Å². The lowest BCUT2D eigenvalue weighted by molar-refractivity contribution is 0.632. The monoisotopic (exact) mass is 436 g/mol. The zero-order valence-electron chi connectivity index (χ0n) is 17.9. The van der Waals surface area contributed by atoms with Gasteiger partial charge in [0.25, 0.3) is 0 Å². The van der Waals surface area contributed by atoms with Gasteiger partial charge in [0.2, 0.25) is 14.8 Å². The van der Waals surface area contributed by atoms with E-state index in [1.54, 1.807) is 6.07 Å². The Labute approximate surface area is 189 Å². The molecule has 1 aliphatic heterocycles. The van der Waals surface area contributed by atoms with Gasteiger partial charge in [0.1, 0.15) is 0 Å². The van der Waals surface area contributed by atoms with Crippen molar-refractivity contribution in [3.63, 3.8) is 0 Å². The molecule has 6 rings (SSSR count). The summed E-state index contributed by atoms with van der Waals surface area (Å²) in [5.74, 6) is 0. The summed E-state index contributed by atoms with van der Waals surface area (Å²) >= 11 is 0. The standard InChI is InChI=1S/C28H22NO2S/c1-28(2)21-10-4-6-12-23(21)29(24-13-7-5-11-22(24)28)18-15-16-26-20(17-18)27(30)19-9-3-8-14-25(19)32(26)31/h3-17,31H,1-2H3/q+1. The summed E-state index contributed by atoms with van der Waals surface area (Å²) in [7, 11) is -1.12. The van der Waals surface area contributed by atoms with Crippen molar-refractivity contribution in [2.24, 2.45) is 0 Å². The maximum Gasteiger partial charge on any atom is 0.221 e. The van der Waals surface area contributed by atoms with E-state index in [1.807, 2.05) is 36.4 Å². The quantitative estimate of drug-likeness (QED) is 0.221. The molecule has 4 aromatic carbocycles. The van der Waals surface area contributed by atoms with Crippen LogP contribution in [0.15, 0.2) is 95.8 Å². The van der Waals surface area contributed by atoms with Crippen molar-refractivity contribution >= 4 is 48.0 Å². The lowest BCUT2D eigenvalue weighted by Crippen LogP contribution is -2.30. The maximum absolute atomic E-state index is 13.4. The van der Waals surface area contributed by atoms with Crippen molar-refractivity contribution < 1.29 is 4.55 Å². The van der Waals surface area contributed by atoms with Crippen LogP contribution in [0.2, 0.25) is 0 Å². The molecule has 4 heteroatoms. The van der Waals surface area contributed by atoms with E-state index < -0.39 is 10.8 Å². The van der Waals surface area contributed by atoms with Crippen LogP contribution in [0.3, 0.4) is 0 Å². The number of para-hydroxylation sites is 2. The Morgan fingerprint density at radius 3 is 1.97 bits per heavy atom. The predicted molar refractivity (Wildman–Crippen MR) is 134 cm³/mol. The number of hydrogen-bond acceptors (Lipinski definition) is 3. The molecule has 0 bridgehead atoms. The van der Waals surface area contributed by atoms with E-state index in [0.29, 0.717) is 20.2 Å². The fourth-order valence-corrected chi connectivity index (χ4v) is 6.41. The highest BCUT2D eigenvalue weighted by atomic mass is 32.2. The van der Waals surface area contributed by atoms with Crippen LogP contribution in [0.4, 0.5) is 17.1 Å². The molecule has 2 heterocycles. The molecule has 0 amide bonds. The molecular formula is C28H22NO2S+. The molecule has 1 atom stereocenters. The van der Waals surface area contributed by atoms with E-state index in [2.05, 4.69) is 67.3 Å². The summed E-state index contributed by atoms with van der Waals surface area (Å²) in [6.45, 7) is 4.51. The highest BCUT2D eigenvalue weighted by Gasteiger charge is 2.36. The zero-order valence-corrected chi connectivity index (χ0v) is 18.7. The van der Waals surface area contributed by atoms with Crippen LogP contribution in [0, 0.1) is 0 Å². The van der Waals surface area contributed by atoms with Crippen molar-refractivity contribution in [3.05, 3.63) is 112 Å². The molecule has 0 radical (unpaired) electrons. The Bertz CT molecular complexity index is 1550. The molecule has 0 saturated carbocycles. The van der Waals surface area contributed by atoms with Gasteiger partial charge in [0.15, 0.2) is 10.8 Å². The van der Waals surface area contributed by atoms with Gasteiger partial charge in [-0.05, 0) is 41.5 Å². The van der Waals surface area contributed by atoms with Crippen molar-refractivity contribution in [2.75, 3.05) is 4.90 Å². The third-order valence-electron chi connectivity index (χ3n) is 6.65. The Balaban J connectivity index is 1.67. The third-order valence-corrected chi connectivity index (χ3v) is 8.20. The molecule has 0 fully saturated rings. The van der Waals surface area contributed by atoms with Crippen molar-refractivity contribution in [1.82, 2.24) is 0 Å². The van der Waals surface area contributed by atoms with Gasteiger partial charge in [-0.3, -0.25) is 4.79 Å². The Morgan fingerprint density at radius 1 is 0.719 bits per heavy atom. The second-order valence-corrected chi connectivity index (χ2v) is 10.2. The number of anilines is 3. The number of rotatable bonds is 1. The average Bonchev–Trinajstić information content (AvgIpc) is 2.83. The normalized spacial score (nSPS) is 15.0. The molecule has 1 unspecified atom stereocenters. The zero-order chi connectivity index (χ0) is 22.0. The summed E-state index contributed by atoms with van der Waals surface area (Å²) in [4.78, 5) is 15.6. The first kappa shape index (κ1) is 19.2. The molecule has 32 heavy (non-hydrogen) atoms. The molecule has 1 N–H and O–H groups in total. The van der Waals surface area contributed by atoms with Crippen LogP contribution >= 0.6 is 10.8 Å². The van der Waals surface area contributed by atoms with Gasteiger partial charge in [-0.25, -0.2) is 0 Å². The van der Waals surface area contributed by atoms with E-state index in [9.17, 15) is 9.35 Å². The minimum Gasteiger partial charge on any atom is -0.310 e. The van der Waals surface area contributed by atoms with Gasteiger partial charge in [-0.2, -0.15) is 4.55 Å². The summed E-state index contributed by atoms with van der Waals surface area (Å²) in [5.41, 5.74) is 5.47. The third kappa shape index (κ3) is 2.54. The molecule has 1 aliphatic rings. The molecular weight excluding hydrogens is 414 g/mol. The van der Waals surface area contributed by atoms with Crippen LogP contribution in [0.25, 0.3) is 20.2 Å². The van der Waals surface area contributed by atoms with Gasteiger partial charge in [0, 0.05) is 23.2 Å². The van der Waals surface area contributed by atoms with Gasteiger partial charge < -0.3 is 4.90 Å². The fraction of sp³-hybridized carbons (Fsp3) is 0.107. The average molecular weight is 437 g/mol. The molecule has 156 valence electrons. The van der Waals surface area contributed by atoms with Gasteiger partial charge in [-0.1, -0.05) is 62.4 Å². The summed E-state index contributed by atoms with van der Waals surface area (Å²) < 4.78 is 12.4. The summed E-state index contributed by atoms with van der Waals surface area (Å²) in [5, 5.41) is 1.16. The first-order valence-electron chi connectivity index (χ1n) is 10.7. The van der Waals surface area contributed by atoms with E-state index in [-0.39, 0.29) is 10.8 Å². The summed E-state index contributed by atoms with van der Waals surface area (Å²) in [6.07, 6.45) is 0. The van der Waals surface area contributed by atoms with Crippen LogP contribution in [0.5, 0.6) is 0 Å². The van der Waals surface area contributed by atoms with Gasteiger partial charge >= 0.3 is 0 Å². The molecule has 0 saturated heterocycles. The largest absolute Gasteiger partial charge is 0.310 e. The summed E-state index contributed by atoms with van der Waals surface area (Å²) in [6, 6.07) is 30.1. The van der Waals surface area contributed by atoms with Crippen LogP contribution in [-0.4, -0.2) is 4.55 Å². The minimum atomic E-state index is -1.12. The Kier molecular flexibility index (Phi) is 4.06. The lowest BCUT2D eigenvalue weighted by atomic mass is 9.73. The van der Waals surface area contributed by atoms with E-state index in [0.717, 1.165) is 17.1 Å². The second kappa shape index (κ2) is 6.76. The van der Waals surface area contributed by atoms with Crippen molar-refractivity contribution in [1.29, 1.82) is 0 Å². The Hall–Kier alpha value is -3.47. The highest BCUT2D eigenvalue weighted by Crippen LogP contribution is 2.51. The van der Waals surface area contributed by atoms with Crippen molar-refractivity contribution in [3.8, 4) is 0 Å². The van der Waals surface area contributed by atoms with Crippen molar-refractivity contribution in [2.45, 2.75) is 19.3 Å². The number of hydrogen-bond donors (Lipinski definition) is 1. The molecule has 3 nitrogen and oxygen atoms in total. The maximum atomic E-state index is 13.4. The van der Waals surface area contributed by atoms with Gasteiger partial charge in [-0.15, -0.1) is 0 Å². The first-order valence-corrected chi connectivity index (χ1v) is 11.9. The molecule has 5 aromatic rings. The SMILES string of the molecule is CC1(C)c2ccccc2N(c2ccc3c(c2)c(=O)c2ccccc2[s+]3O)c2ccccc21. The van der Waals surface area contributed by atoms with Gasteiger partial charge in [0.05, 0.1) is 22.1 Å². The Morgan fingerprint density at radius 2 is 1.28 bits per heavy atom. The highest BCUT2D eigenvalue weighted by molar-refractivity contribution is 7.36. The number of fused-ring (bicyclic) bond motifs is 4. The molecule has 0 spiro atoms. The van der Waals surface area contributed by atoms with Crippen LogP contribution in [0.1, 0.15) is 25.0 Å². The van der Waals surface area contributed by atoms with E-state index in [1.165, 1.54) is 11.1 Å². The number of nitrogens with zero attached hydrogens (tertiary/aromatic N) is 1. The first-order chi connectivity index (χ1) is 15.5. The number of benzene rings is 4. The molecule has 0 aliphatic carbocycles. The fourth-order valence-electron chi connectivity index (χ4n) is 5.04. The minimum absolute atomic E-state index is 0.0332. The lowest BCUT2D eigenvalue weighted by Gasteiger charge is -2.42. The molecule has 1 aromatic heterocycles. The predicted octanol–water partition coefficient (Wildman–Crippen LogP) is 7.35.